The van der Waals surface area contributed by atoms with Crippen LogP contribution in [0.1, 0.15) is 25.0 Å². The molecule has 0 bridgehead atoms. The van der Waals surface area contributed by atoms with E-state index in [9.17, 15) is 0 Å². The summed E-state index contributed by atoms with van der Waals surface area (Å²) in [5.41, 5.74) is 4.22. The fraction of sp³-hybridized carbons (Fsp3) is 0.250. The molecule has 0 saturated carbocycles. The van der Waals surface area contributed by atoms with Gasteiger partial charge in [0.2, 0.25) is 0 Å². The Morgan fingerprint density at radius 3 is 1.11 bits per heavy atom. The zero-order valence-electron chi connectivity index (χ0n) is 11.5. The lowest BCUT2D eigenvalue weighted by molar-refractivity contribution is 1.22. The van der Waals surface area contributed by atoms with Gasteiger partial charge in [0.05, 0.1) is 11.4 Å². The molecule has 0 fully saturated rings. The Labute approximate surface area is 109 Å². The van der Waals surface area contributed by atoms with Gasteiger partial charge in [-0.1, -0.05) is 49.2 Å². The number of benzene rings is 2. The first kappa shape index (κ1) is 14.1. The molecule has 94 valence electrons. The summed E-state index contributed by atoms with van der Waals surface area (Å²) in [6.07, 6.45) is 0. The fourth-order valence-electron chi connectivity index (χ4n) is 1.34. The highest BCUT2D eigenvalue weighted by molar-refractivity contribution is 5.41. The third-order valence-corrected chi connectivity index (χ3v) is 2.35. The Kier molecular flexibility index (Phi) is 5.78. The van der Waals surface area contributed by atoms with Crippen LogP contribution in [0, 0.1) is 13.8 Å². The van der Waals surface area contributed by atoms with Gasteiger partial charge in [0.15, 0.2) is 0 Å². The number of hydrogen-bond acceptors (Lipinski definition) is 2. The summed E-state index contributed by atoms with van der Waals surface area (Å²) >= 11 is 0. The third-order valence-electron chi connectivity index (χ3n) is 2.35. The summed E-state index contributed by atoms with van der Waals surface area (Å²) in [4.78, 5) is 0. The third kappa shape index (κ3) is 4.50. The van der Waals surface area contributed by atoms with Gasteiger partial charge in [-0.05, 0) is 38.1 Å². The standard InChI is InChI=1S/C14H14N2.C2H6/c1-11-3-7-13(8-4-11)15-16-14-9-5-12(2)6-10-14;1-2/h3-10H,1-2H3;1-2H3. The Balaban J connectivity index is 0.000000771. The van der Waals surface area contributed by atoms with Crippen molar-refractivity contribution in [2.75, 3.05) is 0 Å². The van der Waals surface area contributed by atoms with Crippen LogP contribution in [0.4, 0.5) is 11.4 Å². The molecule has 0 aromatic heterocycles. The Bertz CT molecular complexity index is 434. The van der Waals surface area contributed by atoms with Gasteiger partial charge < -0.3 is 0 Å². The lowest BCUT2D eigenvalue weighted by Crippen LogP contribution is -1.69. The molecular formula is C16H20N2. The summed E-state index contributed by atoms with van der Waals surface area (Å²) in [5, 5.41) is 8.34. The van der Waals surface area contributed by atoms with Gasteiger partial charge in [-0.3, -0.25) is 0 Å². The van der Waals surface area contributed by atoms with Crippen LogP contribution in [0.25, 0.3) is 0 Å². The second kappa shape index (κ2) is 7.38. The first-order valence-corrected chi connectivity index (χ1v) is 6.29. The largest absolute Gasteiger partial charge is 0.151 e. The molecule has 2 heteroatoms. The van der Waals surface area contributed by atoms with Crippen LogP contribution >= 0.6 is 0 Å². The predicted octanol–water partition coefficient (Wildman–Crippen LogP) is 5.75. The van der Waals surface area contributed by atoms with E-state index in [0.717, 1.165) is 11.4 Å². The maximum atomic E-state index is 4.17. The van der Waals surface area contributed by atoms with Crippen molar-refractivity contribution in [1.29, 1.82) is 0 Å². The minimum atomic E-state index is 0.881. The van der Waals surface area contributed by atoms with Crippen molar-refractivity contribution in [2.45, 2.75) is 27.7 Å². The van der Waals surface area contributed by atoms with Crippen molar-refractivity contribution in [1.82, 2.24) is 0 Å². The molecule has 0 amide bonds. The fourth-order valence-corrected chi connectivity index (χ4v) is 1.34. The van der Waals surface area contributed by atoms with Gasteiger partial charge in [0.25, 0.3) is 0 Å². The highest BCUT2D eigenvalue weighted by atomic mass is 15.1. The van der Waals surface area contributed by atoms with Crippen LogP contribution in [-0.2, 0) is 0 Å². The SMILES string of the molecule is CC.Cc1ccc(N=Nc2ccc(C)cc2)cc1. The van der Waals surface area contributed by atoms with Crippen molar-refractivity contribution in [2.24, 2.45) is 10.2 Å². The van der Waals surface area contributed by atoms with Crippen molar-refractivity contribution in [3.8, 4) is 0 Å². The molecule has 0 heterocycles. The summed E-state index contributed by atoms with van der Waals surface area (Å²) in [6.45, 7) is 8.11. The first-order valence-electron chi connectivity index (χ1n) is 6.29. The summed E-state index contributed by atoms with van der Waals surface area (Å²) in [6, 6.07) is 16.0. The zero-order chi connectivity index (χ0) is 13.4. The van der Waals surface area contributed by atoms with Gasteiger partial charge in [-0.25, -0.2) is 0 Å². The van der Waals surface area contributed by atoms with Crippen LogP contribution in [0.3, 0.4) is 0 Å². The van der Waals surface area contributed by atoms with Gasteiger partial charge in [-0.2, -0.15) is 10.2 Å². The molecule has 2 aromatic rings. The molecule has 0 atom stereocenters. The van der Waals surface area contributed by atoms with Gasteiger partial charge in [0, 0.05) is 0 Å². The molecule has 0 spiro atoms. The molecule has 0 N–H and O–H groups in total. The lowest BCUT2D eigenvalue weighted by Gasteiger charge is -1.95. The zero-order valence-corrected chi connectivity index (χ0v) is 11.5. The van der Waals surface area contributed by atoms with Crippen LogP contribution in [0.5, 0.6) is 0 Å². The average molecular weight is 240 g/mol. The van der Waals surface area contributed by atoms with Crippen LogP contribution in [0.2, 0.25) is 0 Å². The highest BCUT2D eigenvalue weighted by Crippen LogP contribution is 2.18. The maximum Gasteiger partial charge on any atom is 0.0857 e. The Morgan fingerprint density at radius 2 is 0.833 bits per heavy atom. The number of azo groups is 1. The normalized spacial score (nSPS) is 10.0. The molecule has 0 aliphatic rings. The first-order chi connectivity index (χ1) is 8.74. The minimum absolute atomic E-state index is 0.881. The van der Waals surface area contributed by atoms with Gasteiger partial charge in [-0.15, -0.1) is 0 Å². The molecule has 0 unspecified atom stereocenters. The molecule has 0 saturated heterocycles. The van der Waals surface area contributed by atoms with E-state index in [4.69, 9.17) is 0 Å². The second-order valence-electron chi connectivity index (χ2n) is 3.87. The van der Waals surface area contributed by atoms with Crippen molar-refractivity contribution in [3.63, 3.8) is 0 Å². The van der Waals surface area contributed by atoms with Crippen LogP contribution in [-0.4, -0.2) is 0 Å². The molecule has 0 radical (unpaired) electrons. The molecule has 2 nitrogen and oxygen atoms in total. The number of hydrogen-bond donors (Lipinski definition) is 0. The maximum absolute atomic E-state index is 4.17. The van der Waals surface area contributed by atoms with E-state index >= 15 is 0 Å². The van der Waals surface area contributed by atoms with E-state index in [-0.39, 0.29) is 0 Å². The quantitative estimate of drug-likeness (QED) is 0.597. The summed E-state index contributed by atoms with van der Waals surface area (Å²) in [5.74, 6) is 0. The van der Waals surface area contributed by atoms with E-state index in [0.29, 0.717) is 0 Å². The van der Waals surface area contributed by atoms with Crippen LogP contribution < -0.4 is 0 Å². The van der Waals surface area contributed by atoms with E-state index in [2.05, 4.69) is 24.1 Å². The Morgan fingerprint density at radius 1 is 0.556 bits per heavy atom. The minimum Gasteiger partial charge on any atom is -0.151 e. The average Bonchev–Trinajstić information content (AvgIpc) is 2.42. The van der Waals surface area contributed by atoms with E-state index in [1.54, 1.807) is 0 Å². The summed E-state index contributed by atoms with van der Waals surface area (Å²) in [7, 11) is 0. The van der Waals surface area contributed by atoms with Crippen LogP contribution in [0.15, 0.2) is 58.8 Å². The van der Waals surface area contributed by atoms with E-state index < -0.39 is 0 Å². The molecular weight excluding hydrogens is 220 g/mol. The lowest BCUT2D eigenvalue weighted by atomic mass is 10.2. The van der Waals surface area contributed by atoms with Gasteiger partial charge >= 0.3 is 0 Å². The molecule has 0 aliphatic carbocycles. The second-order valence-corrected chi connectivity index (χ2v) is 3.87. The van der Waals surface area contributed by atoms with Crippen molar-refractivity contribution < 1.29 is 0 Å². The monoisotopic (exact) mass is 240 g/mol. The topological polar surface area (TPSA) is 24.7 Å². The van der Waals surface area contributed by atoms with Crippen molar-refractivity contribution >= 4 is 11.4 Å². The van der Waals surface area contributed by atoms with E-state index in [1.165, 1.54) is 11.1 Å². The van der Waals surface area contributed by atoms with Gasteiger partial charge in [0.1, 0.15) is 0 Å². The molecule has 18 heavy (non-hydrogen) atoms. The molecule has 0 aliphatic heterocycles. The molecule has 2 aromatic carbocycles. The molecule has 2 rings (SSSR count). The number of aryl methyl sites for hydroxylation is 2. The van der Waals surface area contributed by atoms with E-state index in [1.807, 2.05) is 62.4 Å². The highest BCUT2D eigenvalue weighted by Gasteiger charge is 1.90. The summed E-state index contributed by atoms with van der Waals surface area (Å²) < 4.78 is 0. The number of nitrogens with zero attached hydrogens (tertiary/aromatic N) is 2. The smallest absolute Gasteiger partial charge is 0.0857 e. The Hall–Kier alpha value is -1.96. The van der Waals surface area contributed by atoms with Crippen molar-refractivity contribution in [3.05, 3.63) is 59.7 Å². The number of rotatable bonds is 2. The predicted molar refractivity (Wildman–Crippen MR) is 77.9 cm³/mol.